The molecular formula is C29H37N7O2. The number of aromatic nitrogens is 2. The maximum atomic E-state index is 12.4. The lowest BCUT2D eigenvalue weighted by Crippen LogP contribution is -2.62. The number of nitrogens with one attached hydrogen (secondary N) is 1. The van der Waals surface area contributed by atoms with E-state index in [2.05, 4.69) is 45.6 Å². The van der Waals surface area contributed by atoms with Crippen LogP contribution in [-0.4, -0.2) is 70.1 Å². The monoisotopic (exact) mass is 515 g/mol. The molecule has 1 aromatic carbocycles. The summed E-state index contributed by atoms with van der Waals surface area (Å²) in [5.74, 6) is 0.116. The maximum absolute atomic E-state index is 12.4. The van der Waals surface area contributed by atoms with Gasteiger partial charge in [-0.05, 0) is 57.2 Å². The molecule has 2 aromatic rings. The maximum Gasteiger partial charge on any atom is 0.219 e. The second kappa shape index (κ2) is 9.44. The molecule has 1 aromatic heterocycles. The van der Waals surface area contributed by atoms with Crippen LogP contribution in [0.4, 0.5) is 5.69 Å². The highest BCUT2D eigenvalue weighted by atomic mass is 16.5. The molecular weight excluding hydrogens is 478 g/mol. The number of fused-ring (bicyclic) bond motifs is 1. The fourth-order valence-electron chi connectivity index (χ4n) is 6.75. The molecule has 0 spiro atoms. The Morgan fingerprint density at radius 3 is 2.68 bits per heavy atom. The summed E-state index contributed by atoms with van der Waals surface area (Å²) in [4.78, 5) is 16.9. The van der Waals surface area contributed by atoms with Crippen LogP contribution < -0.4 is 10.3 Å². The third-order valence-corrected chi connectivity index (χ3v) is 9.06. The molecule has 9 heteroatoms. The molecule has 0 aliphatic carbocycles. The van der Waals surface area contributed by atoms with Crippen LogP contribution in [-0.2, 0) is 23.0 Å². The lowest BCUT2D eigenvalue weighted by atomic mass is 9.88. The van der Waals surface area contributed by atoms with Gasteiger partial charge in [0.15, 0.2) is 0 Å². The zero-order valence-corrected chi connectivity index (χ0v) is 22.9. The highest BCUT2D eigenvalue weighted by Crippen LogP contribution is 2.45. The number of rotatable bonds is 3. The van der Waals surface area contributed by atoms with Gasteiger partial charge in [-0.1, -0.05) is 0 Å². The molecule has 4 aliphatic heterocycles. The lowest BCUT2D eigenvalue weighted by Gasteiger charge is -2.47. The van der Waals surface area contributed by atoms with Gasteiger partial charge in [-0.2, -0.15) is 10.4 Å². The first-order chi connectivity index (χ1) is 18.3. The van der Waals surface area contributed by atoms with E-state index in [1.807, 2.05) is 29.7 Å². The van der Waals surface area contributed by atoms with Crippen molar-refractivity contribution in [3.8, 4) is 17.2 Å². The molecule has 1 amide bonds. The second-order valence-corrected chi connectivity index (χ2v) is 11.2. The van der Waals surface area contributed by atoms with Gasteiger partial charge in [0.2, 0.25) is 5.91 Å². The Labute approximate surface area is 224 Å². The minimum Gasteiger partial charge on any atom is -0.381 e. The lowest BCUT2D eigenvalue weighted by molar-refractivity contribution is -0.128. The van der Waals surface area contributed by atoms with Crippen LogP contribution in [0.5, 0.6) is 0 Å². The van der Waals surface area contributed by atoms with Crippen LogP contribution in [0.1, 0.15) is 56.4 Å². The van der Waals surface area contributed by atoms with Crippen molar-refractivity contribution >= 4 is 11.6 Å². The number of nitrogens with zero attached hydrogens (tertiary/aromatic N) is 6. The Bertz CT molecular complexity index is 1350. The van der Waals surface area contributed by atoms with E-state index in [-0.39, 0.29) is 5.91 Å². The van der Waals surface area contributed by atoms with Crippen molar-refractivity contribution in [3.63, 3.8) is 0 Å². The fraction of sp³-hybridized carbons (Fsp3) is 0.552. The topological polar surface area (TPSA) is 89.7 Å². The van der Waals surface area contributed by atoms with Crippen LogP contribution in [0.15, 0.2) is 29.6 Å². The van der Waals surface area contributed by atoms with Gasteiger partial charge in [-0.3, -0.25) is 9.48 Å². The SMILES string of the molecule is CC(=O)N1CCC2=C(C1)C(C)(N1CCCc3cc(-c4cnn(C)c4C)c(C#N)cc31)NN2C1CCOCC1. The van der Waals surface area contributed by atoms with Gasteiger partial charge in [-0.15, -0.1) is 0 Å². The number of aryl methyl sites for hydroxylation is 2. The van der Waals surface area contributed by atoms with Gasteiger partial charge >= 0.3 is 0 Å². The summed E-state index contributed by atoms with van der Waals surface area (Å²) in [5, 5.41) is 17.0. The van der Waals surface area contributed by atoms with E-state index in [1.165, 1.54) is 16.8 Å². The molecule has 1 atom stereocenters. The summed E-state index contributed by atoms with van der Waals surface area (Å²) in [5.41, 5.74) is 12.1. The van der Waals surface area contributed by atoms with E-state index in [9.17, 15) is 10.1 Å². The number of carbonyl (C=O) groups excluding carboxylic acids is 1. The molecule has 5 heterocycles. The van der Waals surface area contributed by atoms with E-state index in [0.717, 1.165) is 80.9 Å². The molecule has 0 bridgehead atoms. The number of benzene rings is 1. The number of carbonyl (C=O) groups is 1. The average molecular weight is 516 g/mol. The number of nitriles is 1. The number of ether oxygens (including phenoxy) is 1. The molecule has 1 saturated heterocycles. The first kappa shape index (κ1) is 25.0. The van der Waals surface area contributed by atoms with Crippen molar-refractivity contribution in [2.75, 3.05) is 37.7 Å². The molecule has 0 radical (unpaired) electrons. The van der Waals surface area contributed by atoms with Gasteiger partial charge < -0.3 is 19.5 Å². The number of amides is 1. The van der Waals surface area contributed by atoms with E-state index in [0.29, 0.717) is 18.2 Å². The van der Waals surface area contributed by atoms with Crippen molar-refractivity contribution < 1.29 is 9.53 Å². The van der Waals surface area contributed by atoms with Crippen molar-refractivity contribution in [2.24, 2.45) is 7.05 Å². The average Bonchev–Trinajstić information content (AvgIpc) is 3.43. The largest absolute Gasteiger partial charge is 0.381 e. The predicted molar refractivity (Wildman–Crippen MR) is 145 cm³/mol. The molecule has 1 fully saturated rings. The van der Waals surface area contributed by atoms with E-state index < -0.39 is 5.66 Å². The number of anilines is 1. The number of hydrogen-bond acceptors (Lipinski definition) is 7. The smallest absolute Gasteiger partial charge is 0.219 e. The number of hydrazine groups is 1. The Balaban J connectivity index is 1.43. The minimum atomic E-state index is -0.491. The van der Waals surface area contributed by atoms with Crippen LogP contribution in [0.25, 0.3) is 11.1 Å². The van der Waals surface area contributed by atoms with Crippen molar-refractivity contribution in [3.05, 3.63) is 46.4 Å². The first-order valence-corrected chi connectivity index (χ1v) is 13.8. The molecule has 0 saturated carbocycles. The van der Waals surface area contributed by atoms with Crippen LogP contribution in [0, 0.1) is 18.3 Å². The van der Waals surface area contributed by atoms with Crippen LogP contribution >= 0.6 is 0 Å². The minimum absolute atomic E-state index is 0.116. The molecule has 6 rings (SSSR count). The third-order valence-electron chi connectivity index (χ3n) is 9.06. The molecule has 1 N–H and O–H groups in total. The molecule has 38 heavy (non-hydrogen) atoms. The Morgan fingerprint density at radius 1 is 1.21 bits per heavy atom. The van der Waals surface area contributed by atoms with Gasteiger partial charge in [-0.25, -0.2) is 5.43 Å². The highest BCUT2D eigenvalue weighted by molar-refractivity contribution is 5.78. The van der Waals surface area contributed by atoms with Gasteiger partial charge in [0.25, 0.3) is 0 Å². The molecule has 9 nitrogen and oxygen atoms in total. The normalized spacial score (nSPS) is 23.9. The summed E-state index contributed by atoms with van der Waals surface area (Å²) < 4.78 is 7.53. The van der Waals surface area contributed by atoms with E-state index in [4.69, 9.17) is 4.74 Å². The van der Waals surface area contributed by atoms with Crippen LogP contribution in [0.2, 0.25) is 0 Å². The summed E-state index contributed by atoms with van der Waals surface area (Å²) in [6.07, 6.45) is 6.67. The number of hydrogen-bond donors (Lipinski definition) is 1. The Kier molecular flexibility index (Phi) is 6.20. The summed E-state index contributed by atoms with van der Waals surface area (Å²) in [6, 6.07) is 7.12. The van der Waals surface area contributed by atoms with Gasteiger partial charge in [0.05, 0.1) is 17.8 Å². The van der Waals surface area contributed by atoms with E-state index in [1.54, 1.807) is 6.92 Å². The quantitative estimate of drug-likeness (QED) is 0.671. The summed E-state index contributed by atoms with van der Waals surface area (Å²) in [6.45, 7) is 9.76. The predicted octanol–water partition coefficient (Wildman–Crippen LogP) is 3.24. The summed E-state index contributed by atoms with van der Waals surface area (Å²) >= 11 is 0. The Morgan fingerprint density at radius 2 is 2.00 bits per heavy atom. The van der Waals surface area contributed by atoms with Gasteiger partial charge in [0.1, 0.15) is 5.66 Å². The highest BCUT2D eigenvalue weighted by Gasteiger charge is 2.49. The molecule has 200 valence electrons. The van der Waals surface area contributed by atoms with E-state index >= 15 is 0 Å². The fourth-order valence-corrected chi connectivity index (χ4v) is 6.75. The standard InChI is InChI=1S/C29H37N7O2/c1-19-25(17-31-33(19)4)24-14-21-6-5-10-35(28(21)15-22(24)16-30)29(3)26-18-34(20(2)37)11-7-27(26)36(32-29)23-8-12-38-13-9-23/h14-15,17,23,32H,5-13,18H2,1-4H3. The van der Waals surface area contributed by atoms with Crippen molar-refractivity contribution in [1.82, 2.24) is 25.1 Å². The van der Waals surface area contributed by atoms with Crippen molar-refractivity contribution in [1.29, 1.82) is 5.26 Å². The zero-order chi connectivity index (χ0) is 26.6. The van der Waals surface area contributed by atoms with Crippen LogP contribution in [0.3, 0.4) is 0 Å². The Hall–Kier alpha value is -3.35. The molecule has 4 aliphatic rings. The van der Waals surface area contributed by atoms with Gasteiger partial charge in [0, 0.05) is 93.1 Å². The second-order valence-electron chi connectivity index (χ2n) is 11.2. The first-order valence-electron chi connectivity index (χ1n) is 13.8. The van der Waals surface area contributed by atoms with Crippen molar-refractivity contribution in [2.45, 2.75) is 64.6 Å². The zero-order valence-electron chi connectivity index (χ0n) is 22.9. The molecule has 1 unspecified atom stereocenters. The summed E-state index contributed by atoms with van der Waals surface area (Å²) in [7, 11) is 1.93. The third kappa shape index (κ3) is 3.89.